The van der Waals surface area contributed by atoms with E-state index < -0.39 is 17.0 Å². The van der Waals surface area contributed by atoms with Crippen LogP contribution in [0.1, 0.15) is 24.0 Å². The van der Waals surface area contributed by atoms with E-state index in [1.165, 1.54) is 36.2 Å². The minimum atomic E-state index is -0.847. The van der Waals surface area contributed by atoms with Gasteiger partial charge < -0.3 is 14.5 Å². The molecule has 27 heavy (non-hydrogen) atoms. The molecule has 0 aliphatic carbocycles. The second kappa shape index (κ2) is 6.20. The van der Waals surface area contributed by atoms with Gasteiger partial charge in [-0.15, -0.1) is 0 Å². The van der Waals surface area contributed by atoms with Gasteiger partial charge in [-0.25, -0.2) is 8.78 Å². The van der Waals surface area contributed by atoms with Crippen LogP contribution in [0.3, 0.4) is 0 Å². The molecule has 5 rings (SSSR count). The number of halogens is 2. The smallest absolute Gasteiger partial charge is 0.162 e. The molecule has 0 N–H and O–H groups in total. The number of hydrogen-bond acceptors (Lipinski definition) is 3. The Balaban J connectivity index is 1.51. The van der Waals surface area contributed by atoms with Crippen LogP contribution in [-0.2, 0) is 5.41 Å². The maximum atomic E-state index is 14.0. The van der Waals surface area contributed by atoms with Crippen molar-refractivity contribution in [3.8, 4) is 5.75 Å². The van der Waals surface area contributed by atoms with Gasteiger partial charge in [0.15, 0.2) is 11.6 Å². The lowest BCUT2D eigenvalue weighted by molar-refractivity contribution is 0.220. The molecule has 1 unspecified atom stereocenters. The fourth-order valence-corrected chi connectivity index (χ4v) is 5.02. The number of fused-ring (bicyclic) bond motifs is 4. The zero-order valence-electron chi connectivity index (χ0n) is 15.5. The third-order valence-electron chi connectivity index (χ3n) is 6.55. The van der Waals surface area contributed by atoms with Gasteiger partial charge in [0, 0.05) is 30.4 Å². The van der Waals surface area contributed by atoms with Gasteiger partial charge in [-0.3, -0.25) is 0 Å². The maximum Gasteiger partial charge on any atom is 0.162 e. The van der Waals surface area contributed by atoms with Crippen molar-refractivity contribution in [2.75, 3.05) is 44.7 Å². The van der Waals surface area contributed by atoms with Crippen LogP contribution in [0.2, 0.25) is 0 Å². The van der Waals surface area contributed by atoms with E-state index in [9.17, 15) is 8.78 Å². The standard InChI is InChI=1S/C22H24F2N2O/c1-25-8-6-15(7-9-25)12-26-13-22(16-4-2-3-5-20(16)26)14-27-21-11-19(24)18(23)10-17(21)22/h2-5,10-11,15H,6-9,12-14H2,1H3. The summed E-state index contributed by atoms with van der Waals surface area (Å²) in [6.07, 6.45) is 2.41. The van der Waals surface area contributed by atoms with Crippen molar-refractivity contribution in [1.29, 1.82) is 0 Å². The van der Waals surface area contributed by atoms with E-state index in [1.54, 1.807) is 0 Å². The van der Waals surface area contributed by atoms with Gasteiger partial charge in [-0.05, 0) is 56.6 Å². The van der Waals surface area contributed by atoms with E-state index in [0.717, 1.165) is 31.7 Å². The molecule has 0 aromatic heterocycles. The first-order valence-corrected chi connectivity index (χ1v) is 9.72. The first kappa shape index (κ1) is 17.0. The Hall–Kier alpha value is -2.14. The van der Waals surface area contributed by atoms with Crippen LogP contribution >= 0.6 is 0 Å². The van der Waals surface area contributed by atoms with Crippen LogP contribution < -0.4 is 9.64 Å². The van der Waals surface area contributed by atoms with Crippen LogP contribution in [0.25, 0.3) is 0 Å². The molecule has 142 valence electrons. The highest BCUT2D eigenvalue weighted by atomic mass is 19.2. The first-order valence-electron chi connectivity index (χ1n) is 9.72. The molecule has 0 amide bonds. The summed E-state index contributed by atoms with van der Waals surface area (Å²) in [5, 5.41) is 0. The number of likely N-dealkylation sites (tertiary alicyclic amines) is 1. The zero-order chi connectivity index (χ0) is 18.6. The Bertz CT molecular complexity index is 879. The summed E-state index contributed by atoms with van der Waals surface area (Å²) in [6, 6.07) is 10.9. The van der Waals surface area contributed by atoms with Crippen molar-refractivity contribution in [2.45, 2.75) is 18.3 Å². The first-order chi connectivity index (χ1) is 13.1. The maximum absolute atomic E-state index is 14.0. The molecule has 1 spiro atoms. The van der Waals surface area contributed by atoms with Crippen molar-refractivity contribution in [1.82, 2.24) is 4.90 Å². The molecule has 3 aliphatic rings. The van der Waals surface area contributed by atoms with Crippen LogP contribution in [0.4, 0.5) is 14.5 Å². The lowest BCUT2D eigenvalue weighted by Gasteiger charge is -2.33. The van der Waals surface area contributed by atoms with Gasteiger partial charge in [-0.2, -0.15) is 0 Å². The van der Waals surface area contributed by atoms with Crippen LogP contribution in [-0.4, -0.2) is 44.7 Å². The Morgan fingerprint density at radius 1 is 1.07 bits per heavy atom. The Morgan fingerprint density at radius 3 is 2.63 bits per heavy atom. The van der Waals surface area contributed by atoms with Gasteiger partial charge in [0.2, 0.25) is 0 Å². The van der Waals surface area contributed by atoms with Gasteiger partial charge >= 0.3 is 0 Å². The highest BCUT2D eigenvalue weighted by Crippen LogP contribution is 2.52. The third kappa shape index (κ3) is 2.63. The highest BCUT2D eigenvalue weighted by molar-refractivity contribution is 5.69. The monoisotopic (exact) mass is 370 g/mol. The van der Waals surface area contributed by atoms with E-state index >= 15 is 0 Å². The van der Waals surface area contributed by atoms with Crippen LogP contribution in [0, 0.1) is 17.6 Å². The fourth-order valence-electron chi connectivity index (χ4n) is 5.02. The molecular weight excluding hydrogens is 346 g/mol. The number of ether oxygens (including phenoxy) is 1. The molecule has 3 nitrogen and oxygen atoms in total. The molecule has 3 heterocycles. The van der Waals surface area contributed by atoms with Crippen molar-refractivity contribution in [3.63, 3.8) is 0 Å². The summed E-state index contributed by atoms with van der Waals surface area (Å²) in [5.74, 6) is -0.508. The van der Waals surface area contributed by atoms with Crippen molar-refractivity contribution in [2.24, 2.45) is 5.92 Å². The SMILES string of the molecule is CN1CCC(CN2CC3(COc4cc(F)c(F)cc43)c3ccccc32)CC1. The molecule has 0 saturated carbocycles. The average molecular weight is 370 g/mol. The van der Waals surface area contributed by atoms with Crippen LogP contribution in [0.15, 0.2) is 36.4 Å². The quantitative estimate of drug-likeness (QED) is 0.800. The summed E-state index contributed by atoms with van der Waals surface area (Å²) in [5.41, 5.74) is 2.74. The lowest BCUT2D eigenvalue weighted by Crippen LogP contribution is -2.40. The highest BCUT2D eigenvalue weighted by Gasteiger charge is 2.50. The fraction of sp³-hybridized carbons (Fsp3) is 0.455. The summed E-state index contributed by atoms with van der Waals surface area (Å²) in [4.78, 5) is 4.82. The summed E-state index contributed by atoms with van der Waals surface area (Å²) >= 11 is 0. The molecule has 3 aliphatic heterocycles. The number of piperidine rings is 1. The molecule has 1 saturated heterocycles. The van der Waals surface area contributed by atoms with E-state index in [0.29, 0.717) is 18.3 Å². The van der Waals surface area contributed by atoms with Crippen LogP contribution in [0.5, 0.6) is 5.75 Å². The van der Waals surface area contributed by atoms with Crippen molar-refractivity contribution in [3.05, 3.63) is 59.2 Å². The van der Waals surface area contributed by atoms with E-state index in [1.807, 2.05) is 6.07 Å². The molecule has 2 aromatic carbocycles. The molecule has 0 bridgehead atoms. The van der Waals surface area contributed by atoms with E-state index in [4.69, 9.17) is 4.74 Å². The second-order valence-electron chi connectivity index (χ2n) is 8.28. The number of rotatable bonds is 2. The number of anilines is 1. The minimum absolute atomic E-state index is 0.411. The molecule has 0 radical (unpaired) electrons. The zero-order valence-corrected chi connectivity index (χ0v) is 15.5. The number of hydrogen-bond donors (Lipinski definition) is 0. The molecule has 2 aromatic rings. The Morgan fingerprint density at radius 2 is 1.81 bits per heavy atom. The van der Waals surface area contributed by atoms with Gasteiger partial charge in [0.25, 0.3) is 0 Å². The summed E-state index contributed by atoms with van der Waals surface area (Å²) in [6.45, 7) is 4.48. The second-order valence-corrected chi connectivity index (χ2v) is 8.28. The van der Waals surface area contributed by atoms with Crippen molar-refractivity contribution >= 4 is 5.69 Å². The predicted octanol–water partition coefficient (Wildman–Crippen LogP) is 3.81. The van der Waals surface area contributed by atoms with Gasteiger partial charge in [0.1, 0.15) is 12.4 Å². The Labute approximate surface area is 158 Å². The molecular formula is C22H24F2N2O. The molecule has 5 heteroatoms. The predicted molar refractivity (Wildman–Crippen MR) is 102 cm³/mol. The Kier molecular flexibility index (Phi) is 3.90. The van der Waals surface area contributed by atoms with Crippen molar-refractivity contribution < 1.29 is 13.5 Å². The summed E-state index contributed by atoms with van der Waals surface area (Å²) in [7, 11) is 2.18. The van der Waals surface area contributed by atoms with Gasteiger partial charge in [0.05, 0.1) is 5.41 Å². The third-order valence-corrected chi connectivity index (χ3v) is 6.55. The average Bonchev–Trinajstić information content (AvgIpc) is 3.17. The molecule has 1 fully saturated rings. The largest absolute Gasteiger partial charge is 0.492 e. The number of nitrogens with zero attached hydrogens (tertiary/aromatic N) is 2. The molecule has 1 atom stereocenters. The summed E-state index contributed by atoms with van der Waals surface area (Å²) < 4.78 is 33.6. The minimum Gasteiger partial charge on any atom is -0.492 e. The van der Waals surface area contributed by atoms with E-state index in [2.05, 4.69) is 35.0 Å². The topological polar surface area (TPSA) is 15.7 Å². The number of benzene rings is 2. The normalized spacial score (nSPS) is 24.9. The van der Waals surface area contributed by atoms with Gasteiger partial charge in [-0.1, -0.05) is 18.2 Å². The number of para-hydroxylation sites is 1. The van der Waals surface area contributed by atoms with E-state index in [-0.39, 0.29) is 0 Å². The lowest BCUT2D eigenvalue weighted by atomic mass is 9.78.